The van der Waals surface area contributed by atoms with Crippen LogP contribution in [0.25, 0.3) is 43.8 Å². The molecule has 0 fully saturated rings. The van der Waals surface area contributed by atoms with Crippen LogP contribution in [0.3, 0.4) is 0 Å². The van der Waals surface area contributed by atoms with Crippen molar-refractivity contribution in [1.82, 2.24) is 0 Å². The molecule has 6 aromatic carbocycles. The van der Waals surface area contributed by atoms with Gasteiger partial charge in [-0.15, -0.1) is 69.1 Å². The molecule has 0 nitrogen and oxygen atoms in total. The molecule has 298 valence electrons. The number of hydrogen-bond acceptors (Lipinski definition) is 0. The van der Waals surface area contributed by atoms with Crippen LogP contribution in [0.5, 0.6) is 0 Å². The Morgan fingerprint density at radius 3 is 1.07 bits per heavy atom. The van der Waals surface area contributed by atoms with Gasteiger partial charge in [-0.3, -0.25) is 0 Å². The molecule has 0 amide bonds. The van der Waals surface area contributed by atoms with E-state index in [0.29, 0.717) is 23.7 Å². The second kappa shape index (κ2) is 21.2. The van der Waals surface area contributed by atoms with Gasteiger partial charge in [0.2, 0.25) is 0 Å². The zero-order chi connectivity index (χ0) is 42.1. The number of hydrogen-bond donors (Lipinski definition) is 0. The zero-order valence-corrected chi connectivity index (χ0v) is 42.3. The Hall–Kier alpha value is -2.22. The Morgan fingerprint density at radius 1 is 0.500 bits per heavy atom. The first-order valence-corrected chi connectivity index (χ1v) is 28.8. The molecule has 0 saturated heterocycles. The van der Waals surface area contributed by atoms with Crippen LogP contribution in [0.15, 0.2) is 97.1 Å². The van der Waals surface area contributed by atoms with E-state index in [1.807, 2.05) is 0 Å². The molecule has 2 radical (unpaired) electrons. The second-order valence-corrected chi connectivity index (χ2v) is 23.2. The topological polar surface area (TPSA) is 0 Å². The van der Waals surface area contributed by atoms with Crippen molar-refractivity contribution in [3.8, 4) is 22.3 Å². The summed E-state index contributed by atoms with van der Waals surface area (Å²) < 4.78 is 0. The van der Waals surface area contributed by atoms with Gasteiger partial charge < -0.3 is 0 Å². The van der Waals surface area contributed by atoms with Gasteiger partial charge in [0, 0.05) is 9.52 Å². The fourth-order valence-electron chi connectivity index (χ4n) is 7.56. The molecule has 6 rings (SSSR count). The van der Waals surface area contributed by atoms with E-state index < -0.39 is 20.8 Å². The maximum atomic E-state index is 4.93. The quantitative estimate of drug-likeness (QED) is 0.115. The number of benzene rings is 4. The Kier molecular flexibility index (Phi) is 18.2. The Bertz CT molecular complexity index is 1980. The minimum absolute atomic E-state index is 0.114. The standard InChI is InChI=1S/2C25H31.C2H6Si.2ClH.Zr/c2*1-16(2)19-14-18-12-13-23(25(5,6)7)24(22(18)15-19)21-11-9-8-10-20(21)17(3)4;1-3-2;;;/h2*8-17H,1-7H3;1-2H3;2*1H;/q2*-1;;;;+4/p-2. The molecule has 56 heavy (non-hydrogen) atoms. The summed E-state index contributed by atoms with van der Waals surface area (Å²) in [5.74, 6) is 2.13. The van der Waals surface area contributed by atoms with Crippen LogP contribution in [-0.4, -0.2) is 9.52 Å². The third-order valence-corrected chi connectivity index (χ3v) is 10.5. The van der Waals surface area contributed by atoms with E-state index in [4.69, 9.17) is 17.0 Å². The van der Waals surface area contributed by atoms with E-state index in [0.717, 1.165) is 9.52 Å². The molecule has 0 aliphatic heterocycles. The number of fused-ring (bicyclic) bond motifs is 2. The van der Waals surface area contributed by atoms with Crippen molar-refractivity contribution in [3.63, 3.8) is 0 Å². The van der Waals surface area contributed by atoms with Crippen LogP contribution in [0, 0.1) is 0 Å². The van der Waals surface area contributed by atoms with Crippen LogP contribution in [-0.2, 0) is 31.7 Å². The van der Waals surface area contributed by atoms with Crippen molar-refractivity contribution in [3.05, 3.63) is 130 Å². The fraction of sp³-hybridized carbons (Fsp3) is 0.423. The van der Waals surface area contributed by atoms with Crippen molar-refractivity contribution in [2.24, 2.45) is 0 Å². The minimum atomic E-state index is -0.826. The van der Waals surface area contributed by atoms with E-state index in [9.17, 15) is 0 Å². The van der Waals surface area contributed by atoms with Gasteiger partial charge in [-0.25, -0.2) is 0 Å². The van der Waals surface area contributed by atoms with Crippen LogP contribution in [0.1, 0.15) is 154 Å². The molecule has 0 bridgehead atoms. The average Bonchev–Trinajstić information content (AvgIpc) is 3.77. The molecule has 0 heterocycles. The molecule has 0 saturated carbocycles. The normalized spacial score (nSPS) is 11.7. The monoisotopic (exact) mass is 880 g/mol. The molecule has 0 N–H and O–H groups in total. The first-order valence-electron chi connectivity index (χ1n) is 20.4. The van der Waals surface area contributed by atoms with Gasteiger partial charge in [0.15, 0.2) is 0 Å². The van der Waals surface area contributed by atoms with E-state index in [1.54, 1.807) is 0 Å². The summed E-state index contributed by atoms with van der Waals surface area (Å²) in [6.07, 6.45) is 0. The summed E-state index contributed by atoms with van der Waals surface area (Å²) in [6.45, 7) is 36.5. The SMILES string of the molecule is CC(C)c1cc2c(-c3ccccc3C(C)C)c(C(C)(C)C)ccc2[cH-]1.CC(C)c1cc2c(-c3ccccc3C(C)C)c(C(C)(C)C)ccc2[cH-]1.C[Si]C.[Cl][Zr+2][Cl]. The third kappa shape index (κ3) is 11.9. The molecule has 0 aromatic heterocycles. The van der Waals surface area contributed by atoms with Crippen LogP contribution >= 0.6 is 17.0 Å². The third-order valence-electron chi connectivity index (χ3n) is 10.5. The average molecular weight is 883 g/mol. The molecular weight excluding hydrogens is 815 g/mol. The summed E-state index contributed by atoms with van der Waals surface area (Å²) in [4.78, 5) is 0. The molecule has 6 aromatic rings. The van der Waals surface area contributed by atoms with E-state index in [1.165, 1.54) is 77.2 Å². The van der Waals surface area contributed by atoms with E-state index >= 15 is 0 Å². The first-order chi connectivity index (χ1) is 26.2. The number of rotatable bonds is 6. The maximum absolute atomic E-state index is 4.93. The Labute approximate surface area is 363 Å². The van der Waals surface area contributed by atoms with Gasteiger partial charge in [0.25, 0.3) is 0 Å². The van der Waals surface area contributed by atoms with Gasteiger partial charge in [-0.1, -0.05) is 181 Å². The van der Waals surface area contributed by atoms with Crippen molar-refractivity contribution in [2.75, 3.05) is 0 Å². The van der Waals surface area contributed by atoms with Crippen molar-refractivity contribution in [1.29, 1.82) is 0 Å². The molecule has 0 aliphatic rings. The van der Waals surface area contributed by atoms with Gasteiger partial charge >= 0.3 is 37.9 Å². The van der Waals surface area contributed by atoms with Gasteiger partial charge in [0.05, 0.1) is 0 Å². The fourth-order valence-corrected chi connectivity index (χ4v) is 7.56. The van der Waals surface area contributed by atoms with Crippen LogP contribution < -0.4 is 0 Å². The molecule has 0 unspecified atom stereocenters. The summed E-state index contributed by atoms with van der Waals surface area (Å²) >= 11 is -0.826. The van der Waals surface area contributed by atoms with E-state index in [-0.39, 0.29) is 10.8 Å². The Balaban J connectivity index is 0.000000264. The van der Waals surface area contributed by atoms with Crippen LogP contribution in [0.2, 0.25) is 13.1 Å². The van der Waals surface area contributed by atoms with E-state index in [2.05, 4.69) is 207 Å². The van der Waals surface area contributed by atoms with Crippen LogP contribution in [0.4, 0.5) is 0 Å². The predicted octanol–water partition coefficient (Wildman–Crippen LogP) is 17.7. The summed E-state index contributed by atoms with van der Waals surface area (Å²) in [7, 11) is 11.0. The van der Waals surface area contributed by atoms with Crippen molar-refractivity contribution < 1.29 is 20.8 Å². The van der Waals surface area contributed by atoms with Crippen molar-refractivity contribution in [2.45, 2.75) is 145 Å². The molecule has 0 spiro atoms. The molecule has 0 aliphatic carbocycles. The molecule has 4 heteroatoms. The van der Waals surface area contributed by atoms with Crippen molar-refractivity contribution >= 4 is 48.1 Å². The van der Waals surface area contributed by atoms with Gasteiger partial charge in [-0.2, -0.15) is 12.1 Å². The first kappa shape index (κ1) is 48.2. The summed E-state index contributed by atoms with van der Waals surface area (Å²) in [6, 6.07) is 36.8. The zero-order valence-electron chi connectivity index (χ0n) is 37.3. The predicted molar refractivity (Wildman–Crippen MR) is 253 cm³/mol. The summed E-state index contributed by atoms with van der Waals surface area (Å²) in [5, 5.41) is 5.55. The second-order valence-electron chi connectivity index (χ2n) is 18.4. The Morgan fingerprint density at radius 2 is 0.804 bits per heavy atom. The van der Waals surface area contributed by atoms with Gasteiger partial charge in [0.1, 0.15) is 0 Å². The number of halogens is 2. The molecular formula is C52H68Cl2SiZr. The summed E-state index contributed by atoms with van der Waals surface area (Å²) in [5.41, 5.74) is 14.5. The van der Waals surface area contributed by atoms with Gasteiger partial charge in [-0.05, 0) is 56.8 Å². The molecule has 0 atom stereocenters.